The number of thiophene rings is 1. The van der Waals surface area contributed by atoms with Gasteiger partial charge in [-0.3, -0.25) is 9.80 Å². The summed E-state index contributed by atoms with van der Waals surface area (Å²) in [4.78, 5) is 29.4. The van der Waals surface area contributed by atoms with Crippen LogP contribution in [0.5, 0.6) is 0 Å². The second-order valence-electron chi connectivity index (χ2n) is 7.74. The van der Waals surface area contributed by atoms with Gasteiger partial charge in [0.1, 0.15) is 9.88 Å². The lowest BCUT2D eigenvalue weighted by Crippen LogP contribution is -2.50. The highest BCUT2D eigenvalue weighted by Crippen LogP contribution is 2.46. The molecule has 28 heavy (non-hydrogen) atoms. The van der Waals surface area contributed by atoms with Crippen molar-refractivity contribution < 1.29 is 24.2 Å². The molecule has 0 aromatic carbocycles. The van der Waals surface area contributed by atoms with Crippen molar-refractivity contribution in [1.82, 2.24) is 4.90 Å². The van der Waals surface area contributed by atoms with Crippen LogP contribution in [-0.2, 0) is 9.47 Å². The van der Waals surface area contributed by atoms with Crippen molar-refractivity contribution in [3.05, 3.63) is 16.0 Å². The second kappa shape index (κ2) is 8.45. The Morgan fingerprint density at radius 3 is 2.64 bits per heavy atom. The number of aliphatic hydroxyl groups is 1. The average Bonchev–Trinajstić information content (AvgIpc) is 3.59. The molecule has 0 spiro atoms. The highest BCUT2D eigenvalue weighted by Gasteiger charge is 2.43. The molecule has 0 saturated heterocycles. The summed E-state index contributed by atoms with van der Waals surface area (Å²) in [6, 6.07) is -0.219. The van der Waals surface area contributed by atoms with E-state index < -0.39 is 6.23 Å². The fraction of sp³-hybridized carbons (Fsp3) is 0.684. The molecule has 1 aromatic rings. The number of amides is 2. The van der Waals surface area contributed by atoms with E-state index in [1.54, 1.807) is 4.90 Å². The van der Waals surface area contributed by atoms with E-state index in [9.17, 15) is 14.7 Å². The van der Waals surface area contributed by atoms with Crippen molar-refractivity contribution in [2.24, 2.45) is 11.8 Å². The molecule has 0 radical (unpaired) electrons. The zero-order valence-corrected chi connectivity index (χ0v) is 18.8. The average molecular weight is 520 g/mol. The Morgan fingerprint density at radius 1 is 1.29 bits per heavy atom. The van der Waals surface area contributed by atoms with Crippen LogP contribution >= 0.6 is 33.9 Å². The number of fused-ring (bicyclic) bond motifs is 1. The van der Waals surface area contributed by atoms with E-state index in [1.807, 2.05) is 6.92 Å². The molecule has 1 aromatic heterocycles. The molecule has 2 fully saturated rings. The summed E-state index contributed by atoms with van der Waals surface area (Å²) in [6.45, 7) is 3.61. The number of nitrogens with zero attached hydrogens (tertiary/aromatic N) is 2. The number of alkyl halides is 1. The molecule has 9 heteroatoms. The Bertz CT molecular complexity index is 762. The Balaban J connectivity index is 1.62. The normalized spacial score (nSPS) is 21.8. The highest BCUT2D eigenvalue weighted by molar-refractivity contribution is 14.1. The van der Waals surface area contributed by atoms with E-state index in [4.69, 9.17) is 9.47 Å². The molecule has 0 bridgehead atoms. The molecule has 2 amide bonds. The number of urea groups is 1. The fourth-order valence-electron chi connectivity index (χ4n) is 3.42. The third-order valence-corrected chi connectivity index (χ3v) is 7.22. The molecule has 2 saturated carbocycles. The van der Waals surface area contributed by atoms with Gasteiger partial charge in [-0.05, 0) is 50.0 Å². The molecule has 2 heterocycles. The quantitative estimate of drug-likeness (QED) is 0.233. The van der Waals surface area contributed by atoms with Gasteiger partial charge in [0.25, 0.3) is 0 Å². The number of esters is 1. The van der Waals surface area contributed by atoms with Crippen molar-refractivity contribution in [2.45, 2.75) is 38.8 Å². The number of halogens is 1. The number of anilines is 1. The Hall–Kier alpha value is -0.910. The first kappa shape index (κ1) is 20.4. The standard InChI is InChI=1S/C19H25IN2O5S/c1-11-14-16(23)22(8-12-2-3-12)19(25)21(6-7-26-10-20)17(14)28-15(11)18(24)27-9-13-4-5-13/h12-13,16,23H,2-10H2,1H3. The number of carbonyl (C=O) groups is 2. The van der Waals surface area contributed by atoms with Crippen molar-refractivity contribution in [3.63, 3.8) is 0 Å². The van der Waals surface area contributed by atoms with Crippen molar-refractivity contribution in [3.8, 4) is 0 Å². The summed E-state index contributed by atoms with van der Waals surface area (Å²) in [7, 11) is 0. The highest BCUT2D eigenvalue weighted by atomic mass is 127. The van der Waals surface area contributed by atoms with E-state index in [0.29, 0.717) is 63.8 Å². The zero-order valence-electron chi connectivity index (χ0n) is 15.9. The minimum absolute atomic E-state index is 0.219. The van der Waals surface area contributed by atoms with Crippen LogP contribution < -0.4 is 4.90 Å². The molecular formula is C19H25IN2O5S. The van der Waals surface area contributed by atoms with Crippen LogP contribution in [0.25, 0.3) is 0 Å². The number of aliphatic hydroxyl groups excluding tert-OH is 1. The molecule has 1 aliphatic heterocycles. The first-order valence-electron chi connectivity index (χ1n) is 9.71. The van der Waals surface area contributed by atoms with Crippen LogP contribution in [0.4, 0.5) is 9.80 Å². The lowest BCUT2D eigenvalue weighted by Gasteiger charge is -2.39. The second-order valence-corrected chi connectivity index (χ2v) is 9.36. The van der Waals surface area contributed by atoms with Gasteiger partial charge >= 0.3 is 12.0 Å². The van der Waals surface area contributed by atoms with E-state index in [-0.39, 0.29) is 12.0 Å². The van der Waals surface area contributed by atoms with E-state index in [2.05, 4.69) is 22.6 Å². The molecule has 4 rings (SSSR count). The number of ether oxygens (including phenoxy) is 2. The Morgan fingerprint density at radius 2 is 2.00 bits per heavy atom. The van der Waals surface area contributed by atoms with Gasteiger partial charge in [-0.2, -0.15) is 0 Å². The summed E-state index contributed by atoms with van der Waals surface area (Å²) >= 11 is 3.36. The summed E-state index contributed by atoms with van der Waals surface area (Å²) in [5, 5.41) is 11.6. The molecule has 1 N–H and O–H groups in total. The van der Waals surface area contributed by atoms with E-state index in [0.717, 1.165) is 25.7 Å². The Labute approximate surface area is 182 Å². The summed E-state index contributed by atoms with van der Waals surface area (Å²) < 4.78 is 11.4. The van der Waals surface area contributed by atoms with Crippen LogP contribution in [0, 0.1) is 18.8 Å². The molecule has 2 aliphatic carbocycles. The molecule has 1 unspecified atom stereocenters. The van der Waals surface area contributed by atoms with E-state index in [1.165, 1.54) is 16.2 Å². The maximum atomic E-state index is 13.1. The number of hydrogen-bond donors (Lipinski definition) is 1. The lowest BCUT2D eigenvalue weighted by molar-refractivity contribution is 0.0241. The van der Waals surface area contributed by atoms with Crippen LogP contribution in [0.2, 0.25) is 0 Å². The van der Waals surface area contributed by atoms with Crippen molar-refractivity contribution in [2.75, 3.05) is 35.8 Å². The Kier molecular flexibility index (Phi) is 6.15. The van der Waals surface area contributed by atoms with Crippen LogP contribution in [0.1, 0.15) is 52.7 Å². The molecule has 7 nitrogen and oxygen atoms in total. The van der Waals surface area contributed by atoms with Gasteiger partial charge in [-0.15, -0.1) is 11.3 Å². The minimum atomic E-state index is -1.02. The smallest absolute Gasteiger partial charge is 0.348 e. The van der Waals surface area contributed by atoms with Gasteiger partial charge < -0.3 is 14.6 Å². The monoisotopic (exact) mass is 520 g/mol. The maximum Gasteiger partial charge on any atom is 0.348 e. The predicted molar refractivity (Wildman–Crippen MR) is 114 cm³/mol. The first-order valence-corrected chi connectivity index (χ1v) is 12.1. The number of rotatable bonds is 9. The lowest BCUT2D eigenvalue weighted by atomic mass is 10.1. The van der Waals surface area contributed by atoms with E-state index >= 15 is 0 Å². The largest absolute Gasteiger partial charge is 0.461 e. The van der Waals surface area contributed by atoms with Crippen molar-refractivity contribution >= 4 is 50.9 Å². The minimum Gasteiger partial charge on any atom is -0.461 e. The maximum absolute atomic E-state index is 13.1. The van der Waals surface area contributed by atoms with Gasteiger partial charge in [0.15, 0.2) is 6.23 Å². The third kappa shape index (κ3) is 4.17. The molecule has 3 aliphatic rings. The third-order valence-electron chi connectivity index (χ3n) is 5.47. The summed E-state index contributed by atoms with van der Waals surface area (Å²) in [5.41, 5.74) is 1.36. The first-order chi connectivity index (χ1) is 13.5. The molecule has 1 atom stereocenters. The topological polar surface area (TPSA) is 79.3 Å². The van der Waals surface area contributed by atoms with Crippen LogP contribution in [0.15, 0.2) is 0 Å². The molecule has 154 valence electrons. The SMILES string of the molecule is Cc1c(C(=O)OCC2CC2)sc2c1C(O)N(CC1CC1)C(=O)N2CCOCI. The summed E-state index contributed by atoms with van der Waals surface area (Å²) in [5.74, 6) is 0.581. The van der Waals surface area contributed by atoms with Gasteiger partial charge in [0.2, 0.25) is 0 Å². The van der Waals surface area contributed by atoms with Gasteiger partial charge in [0, 0.05) is 12.1 Å². The van der Waals surface area contributed by atoms with Crippen LogP contribution in [0.3, 0.4) is 0 Å². The number of hydrogen-bond acceptors (Lipinski definition) is 6. The molecular weight excluding hydrogens is 495 g/mol. The predicted octanol–water partition coefficient (Wildman–Crippen LogP) is 3.68. The fourth-order valence-corrected chi connectivity index (χ4v) is 4.98. The number of carbonyl (C=O) groups excluding carboxylic acids is 2. The van der Waals surface area contributed by atoms with Gasteiger partial charge in [-0.25, -0.2) is 9.59 Å². The van der Waals surface area contributed by atoms with Gasteiger partial charge in [-0.1, -0.05) is 22.6 Å². The van der Waals surface area contributed by atoms with Gasteiger partial charge in [0.05, 0.1) is 24.4 Å². The zero-order chi connectivity index (χ0) is 19.8. The van der Waals surface area contributed by atoms with Crippen molar-refractivity contribution in [1.29, 1.82) is 0 Å². The van der Waals surface area contributed by atoms with Crippen LogP contribution in [-0.4, -0.2) is 52.9 Å². The summed E-state index contributed by atoms with van der Waals surface area (Å²) in [6.07, 6.45) is 3.37.